The van der Waals surface area contributed by atoms with Crippen molar-refractivity contribution in [3.63, 3.8) is 0 Å². The van der Waals surface area contributed by atoms with Crippen LogP contribution in [-0.4, -0.2) is 45.2 Å². The summed E-state index contributed by atoms with van der Waals surface area (Å²) in [5.41, 5.74) is 4.59. The second-order valence-electron chi connectivity index (χ2n) is 7.00. The minimum absolute atomic E-state index is 0. The Morgan fingerprint density at radius 2 is 1.73 bits per heavy atom. The molecule has 1 amide bonds. The second kappa shape index (κ2) is 12.6. The number of carbonyl (C=O) groups excluding carboxylic acids is 1. The lowest BCUT2D eigenvalue weighted by atomic mass is 9.98. The van der Waals surface area contributed by atoms with Crippen LogP contribution in [0.5, 0.6) is 11.5 Å². The average molecular weight is 456 g/mol. The normalized spacial score (nSPS) is 12.8. The number of nitrogens with one attached hydrogen (secondary N) is 2. The van der Waals surface area contributed by atoms with Crippen LogP contribution in [0.4, 0.5) is 5.69 Å². The molecule has 0 atom stereocenters. The Kier molecular flexibility index (Phi) is 11.0. The highest BCUT2D eigenvalue weighted by Gasteiger charge is 2.20. The van der Waals surface area contributed by atoms with Gasteiger partial charge >= 0.3 is 0 Å². The highest BCUT2D eigenvalue weighted by Crippen LogP contribution is 2.33. The molecule has 0 spiro atoms. The van der Waals surface area contributed by atoms with Crippen molar-refractivity contribution in [3.05, 3.63) is 53.1 Å². The molecule has 2 N–H and O–H groups in total. The molecule has 8 heteroatoms. The van der Waals surface area contributed by atoms with Gasteiger partial charge < -0.3 is 20.1 Å². The number of methoxy groups -OCH3 is 2. The lowest BCUT2D eigenvalue weighted by molar-refractivity contribution is -0.116. The molecule has 2 aromatic rings. The van der Waals surface area contributed by atoms with Gasteiger partial charge in [-0.1, -0.05) is 18.2 Å². The Balaban J connectivity index is 0.00000225. The zero-order valence-corrected chi connectivity index (χ0v) is 19.3. The maximum atomic E-state index is 12.1. The second-order valence-corrected chi connectivity index (χ2v) is 7.00. The first-order chi connectivity index (χ1) is 13.6. The van der Waals surface area contributed by atoms with Crippen LogP contribution in [0.3, 0.4) is 0 Å². The number of ether oxygens (including phenoxy) is 2. The number of benzene rings is 2. The van der Waals surface area contributed by atoms with E-state index in [1.54, 1.807) is 14.2 Å². The first-order valence-corrected chi connectivity index (χ1v) is 9.63. The Bertz CT molecular complexity index is 833. The Labute approximate surface area is 191 Å². The molecular formula is C22H31Cl2N3O3. The number of fused-ring (bicyclic) bond motifs is 1. The van der Waals surface area contributed by atoms with Gasteiger partial charge in [-0.3, -0.25) is 9.69 Å². The van der Waals surface area contributed by atoms with Gasteiger partial charge in [0.25, 0.3) is 0 Å². The van der Waals surface area contributed by atoms with Gasteiger partial charge in [0.05, 0.1) is 14.2 Å². The third kappa shape index (κ3) is 6.51. The summed E-state index contributed by atoms with van der Waals surface area (Å²) in [5.74, 6) is 1.58. The van der Waals surface area contributed by atoms with Crippen LogP contribution in [0.1, 0.15) is 23.1 Å². The molecule has 0 unspecified atom stereocenters. The molecule has 6 nitrogen and oxygen atoms in total. The fourth-order valence-corrected chi connectivity index (χ4v) is 3.55. The minimum Gasteiger partial charge on any atom is -0.493 e. The number of anilines is 1. The van der Waals surface area contributed by atoms with E-state index >= 15 is 0 Å². The third-order valence-corrected chi connectivity index (χ3v) is 5.08. The highest BCUT2D eigenvalue weighted by atomic mass is 35.5. The third-order valence-electron chi connectivity index (χ3n) is 5.08. The molecule has 30 heavy (non-hydrogen) atoms. The first-order valence-electron chi connectivity index (χ1n) is 9.63. The van der Waals surface area contributed by atoms with Crippen LogP contribution < -0.4 is 20.1 Å². The molecule has 0 aromatic heterocycles. The Morgan fingerprint density at radius 1 is 1.07 bits per heavy atom. The number of nitrogens with zero attached hydrogens (tertiary/aromatic N) is 1. The van der Waals surface area contributed by atoms with Gasteiger partial charge in [0.1, 0.15) is 0 Å². The van der Waals surface area contributed by atoms with E-state index in [0.29, 0.717) is 13.0 Å². The molecule has 3 rings (SSSR count). The number of hydrogen-bond acceptors (Lipinski definition) is 5. The summed E-state index contributed by atoms with van der Waals surface area (Å²) in [5, 5.41) is 6.05. The number of para-hydroxylation sites is 1. The van der Waals surface area contributed by atoms with E-state index in [4.69, 9.17) is 9.47 Å². The smallest absolute Gasteiger partial charge is 0.225 e. The van der Waals surface area contributed by atoms with Crippen molar-refractivity contribution < 1.29 is 14.3 Å². The summed E-state index contributed by atoms with van der Waals surface area (Å²) in [6, 6.07) is 12.2. The summed E-state index contributed by atoms with van der Waals surface area (Å²) in [6.45, 7) is 3.26. The van der Waals surface area contributed by atoms with Crippen molar-refractivity contribution >= 4 is 36.4 Å². The zero-order chi connectivity index (χ0) is 19.9. The quantitative estimate of drug-likeness (QED) is 0.635. The first kappa shape index (κ1) is 26.0. The van der Waals surface area contributed by atoms with E-state index in [9.17, 15) is 4.79 Å². The monoisotopic (exact) mass is 455 g/mol. The van der Waals surface area contributed by atoms with Crippen molar-refractivity contribution in [1.29, 1.82) is 0 Å². The Hall–Kier alpha value is -1.99. The van der Waals surface area contributed by atoms with Gasteiger partial charge in [-0.05, 0) is 48.4 Å². The molecule has 166 valence electrons. The van der Waals surface area contributed by atoms with E-state index in [0.717, 1.165) is 48.8 Å². The van der Waals surface area contributed by atoms with Gasteiger partial charge in [0.15, 0.2) is 11.5 Å². The van der Waals surface area contributed by atoms with Crippen molar-refractivity contribution in [3.8, 4) is 11.5 Å². The van der Waals surface area contributed by atoms with Crippen LogP contribution in [-0.2, 0) is 24.3 Å². The molecule has 0 fully saturated rings. The summed E-state index contributed by atoms with van der Waals surface area (Å²) in [4.78, 5) is 14.5. The van der Waals surface area contributed by atoms with Gasteiger partial charge in [-0.2, -0.15) is 0 Å². The molecular weight excluding hydrogens is 425 g/mol. The van der Waals surface area contributed by atoms with Crippen LogP contribution in [0.25, 0.3) is 0 Å². The van der Waals surface area contributed by atoms with Gasteiger partial charge in [-0.25, -0.2) is 0 Å². The van der Waals surface area contributed by atoms with E-state index in [1.807, 2.05) is 25.2 Å². The molecule has 0 aliphatic carbocycles. The van der Waals surface area contributed by atoms with Crippen molar-refractivity contribution in [1.82, 2.24) is 10.2 Å². The molecule has 0 saturated heterocycles. The van der Waals surface area contributed by atoms with E-state index in [2.05, 4.69) is 33.7 Å². The molecule has 2 aromatic carbocycles. The fraction of sp³-hybridized carbons (Fsp3) is 0.409. The van der Waals surface area contributed by atoms with Crippen molar-refractivity contribution in [2.75, 3.05) is 39.7 Å². The number of amides is 1. The highest BCUT2D eigenvalue weighted by molar-refractivity contribution is 5.91. The van der Waals surface area contributed by atoms with Gasteiger partial charge in [-0.15, -0.1) is 24.8 Å². The lowest BCUT2D eigenvalue weighted by Gasteiger charge is -2.30. The fourth-order valence-electron chi connectivity index (χ4n) is 3.55. The van der Waals surface area contributed by atoms with Crippen molar-refractivity contribution in [2.24, 2.45) is 0 Å². The predicted octanol–water partition coefficient (Wildman–Crippen LogP) is 3.65. The van der Waals surface area contributed by atoms with Gasteiger partial charge in [0, 0.05) is 38.3 Å². The molecule has 0 bridgehead atoms. The SMILES string of the molecule is CNCCC(=O)Nc1ccccc1CN1CCc2cc(OC)c(OC)cc2C1.Cl.Cl. The Morgan fingerprint density at radius 3 is 2.40 bits per heavy atom. The van der Waals surface area contributed by atoms with Crippen LogP contribution >= 0.6 is 24.8 Å². The number of rotatable bonds is 8. The summed E-state index contributed by atoms with van der Waals surface area (Å²) in [6.07, 6.45) is 1.43. The standard InChI is InChI=1S/C22H29N3O3.2ClH/c1-23-10-8-22(26)24-19-7-5-4-6-17(19)14-25-11-9-16-12-20(27-2)21(28-3)13-18(16)15-25;;/h4-7,12-13,23H,8-11,14-15H2,1-3H3,(H,24,26);2*1H. The average Bonchev–Trinajstić information content (AvgIpc) is 2.72. The number of hydrogen-bond donors (Lipinski definition) is 2. The number of carbonyl (C=O) groups is 1. The zero-order valence-electron chi connectivity index (χ0n) is 17.7. The molecule has 1 aliphatic rings. The maximum Gasteiger partial charge on any atom is 0.225 e. The van der Waals surface area contributed by atoms with Gasteiger partial charge in [0.2, 0.25) is 5.91 Å². The van der Waals surface area contributed by atoms with Crippen LogP contribution in [0.2, 0.25) is 0 Å². The topological polar surface area (TPSA) is 62.8 Å². The summed E-state index contributed by atoms with van der Waals surface area (Å²) in [7, 11) is 5.18. The predicted molar refractivity (Wildman–Crippen MR) is 125 cm³/mol. The summed E-state index contributed by atoms with van der Waals surface area (Å²) < 4.78 is 10.9. The largest absolute Gasteiger partial charge is 0.493 e. The minimum atomic E-state index is 0. The molecule has 0 radical (unpaired) electrons. The summed E-state index contributed by atoms with van der Waals surface area (Å²) >= 11 is 0. The lowest BCUT2D eigenvalue weighted by Crippen LogP contribution is -2.30. The van der Waals surface area contributed by atoms with E-state index in [1.165, 1.54) is 11.1 Å². The molecule has 1 heterocycles. The molecule has 1 aliphatic heterocycles. The van der Waals surface area contributed by atoms with E-state index < -0.39 is 0 Å². The maximum absolute atomic E-state index is 12.1. The number of halogens is 2. The van der Waals surface area contributed by atoms with Crippen molar-refractivity contribution in [2.45, 2.75) is 25.9 Å². The molecule has 0 saturated carbocycles. The van der Waals surface area contributed by atoms with Crippen LogP contribution in [0.15, 0.2) is 36.4 Å². The van der Waals surface area contributed by atoms with Crippen LogP contribution in [0, 0.1) is 0 Å². The van der Waals surface area contributed by atoms with E-state index in [-0.39, 0.29) is 30.7 Å².